The van der Waals surface area contributed by atoms with E-state index in [0.717, 1.165) is 16.1 Å². The van der Waals surface area contributed by atoms with Crippen LogP contribution in [0.1, 0.15) is 5.69 Å². The molecular formula is C8H8N4S. The van der Waals surface area contributed by atoms with E-state index in [1.54, 1.807) is 12.4 Å². The van der Waals surface area contributed by atoms with Gasteiger partial charge >= 0.3 is 0 Å². The zero-order chi connectivity index (χ0) is 9.26. The van der Waals surface area contributed by atoms with Gasteiger partial charge in [0.2, 0.25) is 0 Å². The molecular weight excluding hydrogens is 184 g/mol. The molecule has 2 heterocycles. The van der Waals surface area contributed by atoms with Crippen LogP contribution in [0, 0.1) is 6.92 Å². The van der Waals surface area contributed by atoms with Crippen LogP contribution in [0.25, 0.3) is 10.4 Å². The van der Waals surface area contributed by atoms with Crippen molar-refractivity contribution in [1.82, 2.24) is 14.6 Å². The Bertz CT molecular complexity index is 424. The van der Waals surface area contributed by atoms with Gasteiger partial charge in [-0.05, 0) is 24.5 Å². The number of hydrogen-bond donors (Lipinski definition) is 1. The van der Waals surface area contributed by atoms with E-state index >= 15 is 0 Å². The van der Waals surface area contributed by atoms with Crippen molar-refractivity contribution < 1.29 is 0 Å². The van der Waals surface area contributed by atoms with Gasteiger partial charge in [-0.1, -0.05) is 0 Å². The summed E-state index contributed by atoms with van der Waals surface area (Å²) in [5, 5.41) is 7.47. The number of anilines is 1. The quantitative estimate of drug-likeness (QED) is 0.743. The first-order valence-corrected chi connectivity index (χ1v) is 4.54. The molecule has 0 saturated carbocycles. The van der Waals surface area contributed by atoms with E-state index in [1.807, 2.05) is 13.0 Å². The van der Waals surface area contributed by atoms with Gasteiger partial charge in [0.05, 0.1) is 28.7 Å². The smallest absolute Gasteiger partial charge is 0.0732 e. The third kappa shape index (κ3) is 1.50. The van der Waals surface area contributed by atoms with Crippen molar-refractivity contribution >= 4 is 17.2 Å². The molecule has 2 aromatic rings. The summed E-state index contributed by atoms with van der Waals surface area (Å²) in [6.45, 7) is 1.95. The Balaban J connectivity index is 2.52. The van der Waals surface area contributed by atoms with Crippen molar-refractivity contribution in [1.29, 1.82) is 0 Å². The molecule has 0 fully saturated rings. The molecule has 0 aliphatic carbocycles. The minimum absolute atomic E-state index is 0.638. The van der Waals surface area contributed by atoms with Gasteiger partial charge in [0.15, 0.2) is 0 Å². The monoisotopic (exact) mass is 192 g/mol. The SMILES string of the molecule is Cc1cc(-c2cnncc2N)sn1. The minimum Gasteiger partial charge on any atom is -0.397 e. The average Bonchev–Trinajstić information content (AvgIpc) is 2.53. The van der Waals surface area contributed by atoms with E-state index in [4.69, 9.17) is 5.73 Å². The van der Waals surface area contributed by atoms with E-state index in [1.165, 1.54) is 11.5 Å². The van der Waals surface area contributed by atoms with Crippen molar-refractivity contribution in [2.45, 2.75) is 6.92 Å². The molecule has 66 valence electrons. The fraction of sp³-hybridized carbons (Fsp3) is 0.125. The Morgan fingerprint density at radius 2 is 2.08 bits per heavy atom. The second kappa shape index (κ2) is 3.10. The molecule has 0 unspecified atom stereocenters. The van der Waals surface area contributed by atoms with Crippen LogP contribution < -0.4 is 5.73 Å². The molecule has 0 bridgehead atoms. The first kappa shape index (κ1) is 8.12. The molecule has 0 aromatic carbocycles. The molecule has 13 heavy (non-hydrogen) atoms. The first-order chi connectivity index (χ1) is 6.27. The third-order valence-corrected chi connectivity index (χ3v) is 2.57. The Morgan fingerprint density at radius 1 is 1.31 bits per heavy atom. The summed E-state index contributed by atoms with van der Waals surface area (Å²) in [4.78, 5) is 1.03. The van der Waals surface area contributed by atoms with Crippen LogP contribution in [0.5, 0.6) is 0 Å². The summed E-state index contributed by atoms with van der Waals surface area (Å²) in [7, 11) is 0. The molecule has 5 heteroatoms. The van der Waals surface area contributed by atoms with Gasteiger partial charge in [-0.15, -0.1) is 0 Å². The molecule has 0 aliphatic rings. The second-order valence-electron chi connectivity index (χ2n) is 2.69. The summed E-state index contributed by atoms with van der Waals surface area (Å²) in [6.07, 6.45) is 3.20. The van der Waals surface area contributed by atoms with Crippen LogP contribution in [0.15, 0.2) is 18.5 Å². The standard InChI is InChI=1S/C8H8N4S/c1-5-2-8(13-12-5)6-3-10-11-4-7(6)9/h2-4H,1H3,(H2,9,10). The zero-order valence-electron chi connectivity index (χ0n) is 7.06. The Morgan fingerprint density at radius 3 is 2.69 bits per heavy atom. The van der Waals surface area contributed by atoms with Gasteiger partial charge in [-0.3, -0.25) is 0 Å². The van der Waals surface area contributed by atoms with E-state index in [2.05, 4.69) is 14.6 Å². The summed E-state index contributed by atoms with van der Waals surface area (Å²) < 4.78 is 4.17. The Kier molecular flexibility index (Phi) is 1.94. The van der Waals surface area contributed by atoms with Gasteiger partial charge < -0.3 is 5.73 Å². The predicted octanol–water partition coefficient (Wildman–Crippen LogP) is 1.49. The molecule has 4 nitrogen and oxygen atoms in total. The van der Waals surface area contributed by atoms with Crippen LogP contribution in [-0.2, 0) is 0 Å². The van der Waals surface area contributed by atoms with Gasteiger partial charge in [0, 0.05) is 5.56 Å². The maximum atomic E-state index is 5.74. The summed E-state index contributed by atoms with van der Waals surface area (Å²) >= 11 is 1.42. The number of nitrogens with two attached hydrogens (primary N) is 1. The lowest BCUT2D eigenvalue weighted by Crippen LogP contribution is -1.91. The minimum atomic E-state index is 0.638. The Labute approximate surface area is 79.6 Å². The topological polar surface area (TPSA) is 64.7 Å². The number of nitrogens with zero attached hydrogens (tertiary/aromatic N) is 3. The van der Waals surface area contributed by atoms with Crippen LogP contribution in [0.2, 0.25) is 0 Å². The molecule has 2 rings (SSSR count). The lowest BCUT2D eigenvalue weighted by atomic mass is 10.2. The van der Waals surface area contributed by atoms with Gasteiger partial charge in [-0.2, -0.15) is 14.6 Å². The van der Waals surface area contributed by atoms with Crippen LogP contribution in [0.4, 0.5) is 5.69 Å². The largest absolute Gasteiger partial charge is 0.397 e. The van der Waals surface area contributed by atoms with E-state index in [9.17, 15) is 0 Å². The third-order valence-electron chi connectivity index (χ3n) is 1.65. The molecule has 0 aliphatic heterocycles. The van der Waals surface area contributed by atoms with Gasteiger partial charge in [-0.25, -0.2) is 0 Å². The molecule has 0 atom stereocenters. The highest BCUT2D eigenvalue weighted by molar-refractivity contribution is 7.09. The maximum Gasteiger partial charge on any atom is 0.0732 e. The maximum absolute atomic E-state index is 5.74. The van der Waals surface area contributed by atoms with Crippen molar-refractivity contribution in [2.75, 3.05) is 5.73 Å². The number of hydrogen-bond acceptors (Lipinski definition) is 5. The lowest BCUT2D eigenvalue weighted by molar-refractivity contribution is 1.04. The molecule has 2 aromatic heterocycles. The molecule has 0 saturated heterocycles. The van der Waals surface area contributed by atoms with Crippen molar-refractivity contribution in [2.24, 2.45) is 0 Å². The molecule has 0 amide bonds. The summed E-state index contributed by atoms with van der Waals surface area (Å²) in [5.41, 5.74) is 8.28. The highest BCUT2D eigenvalue weighted by Gasteiger charge is 2.05. The van der Waals surface area contributed by atoms with Crippen molar-refractivity contribution in [3.8, 4) is 10.4 Å². The summed E-state index contributed by atoms with van der Waals surface area (Å²) in [6, 6.07) is 1.98. The highest BCUT2D eigenvalue weighted by Crippen LogP contribution is 2.27. The zero-order valence-corrected chi connectivity index (χ0v) is 7.88. The normalized spacial score (nSPS) is 10.2. The van der Waals surface area contributed by atoms with Crippen LogP contribution >= 0.6 is 11.5 Å². The van der Waals surface area contributed by atoms with Crippen LogP contribution in [-0.4, -0.2) is 14.6 Å². The predicted molar refractivity (Wildman–Crippen MR) is 52.3 cm³/mol. The Hall–Kier alpha value is -1.49. The van der Waals surface area contributed by atoms with Crippen molar-refractivity contribution in [3.05, 3.63) is 24.2 Å². The first-order valence-electron chi connectivity index (χ1n) is 3.77. The fourth-order valence-electron chi connectivity index (χ4n) is 1.03. The highest BCUT2D eigenvalue weighted by atomic mass is 32.1. The van der Waals surface area contributed by atoms with Crippen LogP contribution in [0.3, 0.4) is 0 Å². The summed E-state index contributed by atoms with van der Waals surface area (Å²) in [5.74, 6) is 0. The van der Waals surface area contributed by atoms with E-state index in [0.29, 0.717) is 5.69 Å². The van der Waals surface area contributed by atoms with Gasteiger partial charge in [0.25, 0.3) is 0 Å². The number of aromatic nitrogens is 3. The average molecular weight is 192 g/mol. The molecule has 0 radical (unpaired) electrons. The van der Waals surface area contributed by atoms with Crippen molar-refractivity contribution in [3.63, 3.8) is 0 Å². The lowest BCUT2D eigenvalue weighted by Gasteiger charge is -1.97. The fourth-order valence-corrected chi connectivity index (χ4v) is 1.81. The number of aryl methyl sites for hydroxylation is 1. The van der Waals surface area contributed by atoms with Gasteiger partial charge in [0.1, 0.15) is 0 Å². The van der Waals surface area contributed by atoms with E-state index < -0.39 is 0 Å². The number of nitrogen functional groups attached to an aromatic ring is 1. The molecule has 0 spiro atoms. The molecule has 2 N–H and O–H groups in total. The van der Waals surface area contributed by atoms with E-state index in [-0.39, 0.29) is 0 Å². The second-order valence-corrected chi connectivity index (χ2v) is 3.50. The number of rotatable bonds is 1.